The van der Waals surface area contributed by atoms with Crippen LogP contribution in [0.15, 0.2) is 127 Å². The molecule has 0 spiro atoms. The molecule has 0 N–H and O–H groups in total. The SMILES string of the molecule is C1=CC/C(=C\P(=Cc2ccccc2)(c2ccccc2)c2ccccc2)C=C1. The van der Waals surface area contributed by atoms with Gasteiger partial charge in [-0.2, -0.15) is 0 Å². The fraction of sp³-hybridized carbons (Fsp3) is 0.0385. The predicted octanol–water partition coefficient (Wildman–Crippen LogP) is 5.91. The molecule has 0 unspecified atom stereocenters. The summed E-state index contributed by atoms with van der Waals surface area (Å²) in [5, 5.41) is 2.77. The van der Waals surface area contributed by atoms with E-state index in [0.717, 1.165) is 6.42 Å². The Kier molecular flexibility index (Phi) is 5.37. The largest absolute Gasteiger partial charge is 0.0801 e. The number of hydrogen-bond acceptors (Lipinski definition) is 0. The molecule has 0 atom stereocenters. The standard InChI is InChI=1S/C26H23P/c1-5-13-23(14-6-1)21-27(25-17-9-3-10-18-25,26-19-11-4-12-20-26)22-24-15-7-2-8-16-24/h1-15,17-22H,16H2/b24-22-. The maximum atomic E-state index is 2.53. The van der Waals surface area contributed by atoms with Crippen LogP contribution in [0.4, 0.5) is 0 Å². The Labute approximate surface area is 162 Å². The number of benzene rings is 3. The molecule has 1 aliphatic rings. The minimum absolute atomic E-state index is 0.987. The maximum absolute atomic E-state index is 2.53. The number of hydrogen-bond donors (Lipinski definition) is 0. The molecule has 0 heterocycles. The van der Waals surface area contributed by atoms with Crippen molar-refractivity contribution in [3.05, 3.63) is 132 Å². The lowest BCUT2D eigenvalue weighted by molar-refractivity contribution is 1.27. The van der Waals surface area contributed by atoms with Crippen LogP contribution in [0.5, 0.6) is 0 Å². The van der Waals surface area contributed by atoms with Gasteiger partial charge in [0, 0.05) is 0 Å². The highest BCUT2D eigenvalue weighted by atomic mass is 31.2. The minimum atomic E-state index is -1.86. The van der Waals surface area contributed by atoms with E-state index < -0.39 is 6.89 Å². The Morgan fingerprint density at radius 2 is 1.19 bits per heavy atom. The predicted molar refractivity (Wildman–Crippen MR) is 122 cm³/mol. The molecule has 0 saturated carbocycles. The summed E-state index contributed by atoms with van der Waals surface area (Å²) in [6.45, 7) is -1.86. The second-order valence-corrected chi connectivity index (χ2v) is 9.79. The van der Waals surface area contributed by atoms with Gasteiger partial charge in [-0.25, -0.2) is 0 Å². The number of allylic oxidation sites excluding steroid dienone is 5. The first kappa shape index (κ1) is 17.6. The molecule has 1 heteroatoms. The molecule has 4 rings (SSSR count). The van der Waals surface area contributed by atoms with Crippen LogP contribution < -0.4 is 10.6 Å². The molecule has 0 bridgehead atoms. The molecular formula is C26H23P. The average molecular weight is 366 g/mol. The fourth-order valence-electron chi connectivity index (χ4n) is 3.50. The van der Waals surface area contributed by atoms with Crippen molar-refractivity contribution in [1.82, 2.24) is 0 Å². The van der Waals surface area contributed by atoms with E-state index >= 15 is 0 Å². The Morgan fingerprint density at radius 1 is 0.630 bits per heavy atom. The summed E-state index contributed by atoms with van der Waals surface area (Å²) in [7, 11) is 0. The van der Waals surface area contributed by atoms with E-state index in [1.165, 1.54) is 21.7 Å². The summed E-state index contributed by atoms with van der Waals surface area (Å²) in [6, 6.07) is 32.6. The van der Waals surface area contributed by atoms with Gasteiger partial charge in [0.15, 0.2) is 0 Å². The van der Waals surface area contributed by atoms with E-state index in [1.807, 2.05) is 0 Å². The van der Waals surface area contributed by atoms with Crippen molar-refractivity contribution in [1.29, 1.82) is 0 Å². The summed E-state index contributed by atoms with van der Waals surface area (Å²) in [5.41, 5.74) is 2.65. The number of rotatable bonds is 4. The zero-order chi connectivity index (χ0) is 18.4. The van der Waals surface area contributed by atoms with Crippen molar-refractivity contribution in [3.63, 3.8) is 0 Å². The zero-order valence-corrected chi connectivity index (χ0v) is 16.2. The van der Waals surface area contributed by atoms with Crippen molar-refractivity contribution in [3.8, 4) is 0 Å². The van der Waals surface area contributed by atoms with Crippen LogP contribution in [0.2, 0.25) is 0 Å². The topological polar surface area (TPSA) is 0 Å². The zero-order valence-electron chi connectivity index (χ0n) is 15.3. The van der Waals surface area contributed by atoms with E-state index in [0.29, 0.717) is 0 Å². The summed E-state index contributed by atoms with van der Waals surface area (Å²) in [6.07, 6.45) is 9.74. The van der Waals surface area contributed by atoms with Crippen molar-refractivity contribution in [2.75, 3.05) is 0 Å². The molecule has 0 aliphatic heterocycles. The van der Waals surface area contributed by atoms with Crippen LogP contribution in [0.25, 0.3) is 0 Å². The van der Waals surface area contributed by atoms with Crippen LogP contribution >= 0.6 is 6.89 Å². The summed E-state index contributed by atoms with van der Waals surface area (Å²) in [5.74, 6) is 5.03. The Balaban J connectivity index is 2.04. The van der Waals surface area contributed by atoms with Crippen LogP contribution in [0, 0.1) is 0 Å². The molecule has 132 valence electrons. The Morgan fingerprint density at radius 3 is 1.70 bits per heavy atom. The van der Waals surface area contributed by atoms with E-state index in [4.69, 9.17) is 0 Å². The van der Waals surface area contributed by atoms with Gasteiger partial charge in [-0.3, -0.25) is 0 Å². The smallest absolute Gasteiger partial charge is 0.00937 e. The highest BCUT2D eigenvalue weighted by Crippen LogP contribution is 2.48. The van der Waals surface area contributed by atoms with Gasteiger partial charge in [-0.05, 0) is 46.7 Å². The van der Waals surface area contributed by atoms with Gasteiger partial charge in [0.25, 0.3) is 0 Å². The molecule has 0 amide bonds. The molecule has 0 nitrogen and oxygen atoms in total. The van der Waals surface area contributed by atoms with E-state index in [1.54, 1.807) is 0 Å². The molecule has 27 heavy (non-hydrogen) atoms. The lowest BCUT2D eigenvalue weighted by atomic mass is 10.1. The van der Waals surface area contributed by atoms with Gasteiger partial charge in [0.05, 0.1) is 0 Å². The van der Waals surface area contributed by atoms with Gasteiger partial charge >= 0.3 is 0 Å². The highest BCUT2D eigenvalue weighted by molar-refractivity contribution is 7.91. The van der Waals surface area contributed by atoms with Crippen LogP contribution in [0.3, 0.4) is 0 Å². The lowest BCUT2D eigenvalue weighted by Crippen LogP contribution is -2.17. The molecule has 3 aromatic rings. The van der Waals surface area contributed by atoms with Crippen LogP contribution in [-0.4, -0.2) is 5.80 Å². The average Bonchev–Trinajstić information content (AvgIpc) is 2.76. The first-order chi connectivity index (χ1) is 13.4. The Hall–Kier alpha value is -2.82. The highest BCUT2D eigenvalue weighted by Gasteiger charge is 2.21. The van der Waals surface area contributed by atoms with Crippen molar-refractivity contribution >= 4 is 23.3 Å². The Bertz CT molecular complexity index is 980. The quantitative estimate of drug-likeness (QED) is 0.504. The minimum Gasteiger partial charge on any atom is -0.0801 e. The summed E-state index contributed by atoms with van der Waals surface area (Å²) >= 11 is 0. The molecule has 0 saturated heterocycles. The monoisotopic (exact) mass is 366 g/mol. The molecule has 0 fully saturated rings. The summed E-state index contributed by atoms with van der Waals surface area (Å²) < 4.78 is 0. The molecular weight excluding hydrogens is 343 g/mol. The third kappa shape index (κ3) is 3.97. The van der Waals surface area contributed by atoms with Crippen molar-refractivity contribution < 1.29 is 0 Å². The summed E-state index contributed by atoms with van der Waals surface area (Å²) in [4.78, 5) is 0. The van der Waals surface area contributed by atoms with Gasteiger partial charge in [-0.1, -0.05) is 115 Å². The van der Waals surface area contributed by atoms with Gasteiger partial charge < -0.3 is 0 Å². The maximum Gasteiger partial charge on any atom is -0.00937 e. The molecule has 3 aromatic carbocycles. The molecule has 0 aromatic heterocycles. The van der Waals surface area contributed by atoms with E-state index in [9.17, 15) is 0 Å². The first-order valence-corrected chi connectivity index (χ1v) is 11.3. The third-order valence-electron chi connectivity index (χ3n) is 4.80. The van der Waals surface area contributed by atoms with E-state index in [2.05, 4.69) is 127 Å². The second kappa shape index (κ2) is 8.25. The van der Waals surface area contributed by atoms with Crippen LogP contribution in [0.1, 0.15) is 12.0 Å². The van der Waals surface area contributed by atoms with Crippen molar-refractivity contribution in [2.45, 2.75) is 6.42 Å². The molecule has 1 aliphatic carbocycles. The van der Waals surface area contributed by atoms with Gasteiger partial charge in [0.1, 0.15) is 0 Å². The van der Waals surface area contributed by atoms with Crippen molar-refractivity contribution in [2.24, 2.45) is 0 Å². The van der Waals surface area contributed by atoms with E-state index in [-0.39, 0.29) is 0 Å². The van der Waals surface area contributed by atoms with Gasteiger partial charge in [-0.15, -0.1) is 0 Å². The fourth-order valence-corrected chi connectivity index (χ4v) is 7.15. The molecule has 0 radical (unpaired) electrons. The lowest BCUT2D eigenvalue weighted by Gasteiger charge is -2.26. The second-order valence-electron chi connectivity index (χ2n) is 6.68. The third-order valence-corrected chi connectivity index (χ3v) is 8.55. The first-order valence-electron chi connectivity index (χ1n) is 9.32. The normalized spacial score (nSPS) is 15.0. The van der Waals surface area contributed by atoms with Crippen LogP contribution in [-0.2, 0) is 0 Å². The van der Waals surface area contributed by atoms with Gasteiger partial charge in [0.2, 0.25) is 0 Å².